The summed E-state index contributed by atoms with van der Waals surface area (Å²) in [5.41, 5.74) is 0.788. The van der Waals surface area contributed by atoms with Crippen molar-refractivity contribution in [2.75, 3.05) is 44.4 Å². The molecule has 1 N–H and O–H groups in total. The maximum absolute atomic E-state index is 12.9. The number of sulfonamides is 1. The fourth-order valence-corrected chi connectivity index (χ4v) is 4.89. The monoisotopic (exact) mass is 409 g/mol. The molecular weight excluding hydrogens is 378 g/mol. The molecule has 0 radical (unpaired) electrons. The van der Waals surface area contributed by atoms with Crippen LogP contribution in [0.15, 0.2) is 18.2 Å². The molecule has 1 aromatic carbocycles. The second-order valence-electron chi connectivity index (χ2n) is 7.83. The molecule has 8 heteroatoms. The lowest BCUT2D eigenvalue weighted by Gasteiger charge is -2.44. The van der Waals surface area contributed by atoms with Crippen molar-refractivity contribution < 1.29 is 17.9 Å². The van der Waals surface area contributed by atoms with E-state index in [1.807, 2.05) is 0 Å². The zero-order chi connectivity index (χ0) is 20.3. The van der Waals surface area contributed by atoms with Crippen LogP contribution < -0.4 is 14.4 Å². The van der Waals surface area contributed by atoms with E-state index in [-0.39, 0.29) is 5.91 Å². The Morgan fingerprint density at radius 3 is 2.71 bits per heavy atom. The molecule has 0 spiro atoms. The highest BCUT2D eigenvalue weighted by Gasteiger charge is 2.33. The number of methoxy groups -OCH3 is 1. The molecule has 2 fully saturated rings. The molecule has 28 heavy (non-hydrogen) atoms. The summed E-state index contributed by atoms with van der Waals surface area (Å²) in [6.45, 7) is 2.97. The molecule has 7 nitrogen and oxygen atoms in total. The van der Waals surface area contributed by atoms with Crippen molar-refractivity contribution in [3.63, 3.8) is 0 Å². The molecule has 1 amide bonds. The van der Waals surface area contributed by atoms with E-state index >= 15 is 0 Å². The van der Waals surface area contributed by atoms with E-state index in [0.29, 0.717) is 35.5 Å². The Labute approximate surface area is 168 Å². The van der Waals surface area contributed by atoms with Gasteiger partial charge in [0.15, 0.2) is 0 Å². The SMILES string of the molecule is COc1ccc(N(C)S(C)(=O)=O)cc1C(=O)NC[C@@H]1CCCN2CCCC[C@H]12. The van der Waals surface area contributed by atoms with Crippen LogP contribution >= 0.6 is 0 Å². The summed E-state index contributed by atoms with van der Waals surface area (Å²) < 4.78 is 30.1. The van der Waals surface area contributed by atoms with Gasteiger partial charge in [0.1, 0.15) is 5.75 Å². The van der Waals surface area contributed by atoms with Gasteiger partial charge in [-0.25, -0.2) is 8.42 Å². The Morgan fingerprint density at radius 1 is 1.25 bits per heavy atom. The number of ether oxygens (including phenoxy) is 1. The molecular formula is C20H31N3O4S. The Hall–Kier alpha value is -1.80. The van der Waals surface area contributed by atoms with Crippen molar-refractivity contribution in [3.05, 3.63) is 23.8 Å². The fourth-order valence-electron chi connectivity index (χ4n) is 4.40. The summed E-state index contributed by atoms with van der Waals surface area (Å²) in [6, 6.07) is 5.41. The first kappa shape index (κ1) is 20.9. The smallest absolute Gasteiger partial charge is 0.255 e. The first-order valence-corrected chi connectivity index (χ1v) is 11.8. The Kier molecular flexibility index (Phi) is 6.50. The van der Waals surface area contributed by atoms with Gasteiger partial charge in [0.25, 0.3) is 5.91 Å². The molecule has 156 valence electrons. The summed E-state index contributed by atoms with van der Waals surface area (Å²) in [4.78, 5) is 15.5. The van der Waals surface area contributed by atoms with Gasteiger partial charge in [0.2, 0.25) is 10.0 Å². The maximum atomic E-state index is 12.9. The van der Waals surface area contributed by atoms with Gasteiger partial charge in [-0.3, -0.25) is 9.10 Å². The standard InChI is InChI=1S/C20H31N3O4S/c1-22(28(3,25)26)16-9-10-19(27-2)17(13-16)20(24)21-14-15-7-6-12-23-11-5-4-8-18(15)23/h9-10,13,15,18H,4-8,11-12,14H2,1-3H3,(H,21,24)/t15-,18+/m0/s1. The fraction of sp³-hybridized carbons (Fsp3) is 0.650. The Balaban J connectivity index is 1.72. The maximum Gasteiger partial charge on any atom is 0.255 e. The van der Waals surface area contributed by atoms with Crippen LogP contribution in [0, 0.1) is 5.92 Å². The number of benzene rings is 1. The zero-order valence-corrected chi connectivity index (χ0v) is 17.8. The molecule has 0 bridgehead atoms. The van der Waals surface area contributed by atoms with Gasteiger partial charge in [0.05, 0.1) is 24.6 Å². The average molecular weight is 410 g/mol. The first-order valence-electron chi connectivity index (χ1n) is 9.95. The molecule has 2 aliphatic rings. The van der Waals surface area contributed by atoms with E-state index < -0.39 is 10.0 Å². The van der Waals surface area contributed by atoms with Crippen molar-refractivity contribution in [2.24, 2.45) is 5.92 Å². The third kappa shape index (κ3) is 4.60. The van der Waals surface area contributed by atoms with Crippen molar-refractivity contribution in [2.45, 2.75) is 38.1 Å². The molecule has 0 saturated carbocycles. The van der Waals surface area contributed by atoms with Gasteiger partial charge >= 0.3 is 0 Å². The molecule has 1 aromatic rings. The summed E-state index contributed by atoms with van der Waals surface area (Å²) >= 11 is 0. The van der Waals surface area contributed by atoms with Gasteiger partial charge < -0.3 is 15.0 Å². The molecule has 0 aliphatic carbocycles. The van der Waals surface area contributed by atoms with Gasteiger partial charge in [-0.05, 0) is 62.9 Å². The lowest BCUT2D eigenvalue weighted by atomic mass is 9.83. The van der Waals surface area contributed by atoms with Crippen LogP contribution in [0.4, 0.5) is 5.69 Å². The van der Waals surface area contributed by atoms with Gasteiger partial charge in [-0.15, -0.1) is 0 Å². The summed E-state index contributed by atoms with van der Waals surface area (Å²) in [6.07, 6.45) is 7.19. The predicted molar refractivity (Wildman–Crippen MR) is 111 cm³/mol. The number of carbonyl (C=O) groups excluding carboxylic acids is 1. The van der Waals surface area contributed by atoms with Crippen LogP contribution in [0.1, 0.15) is 42.5 Å². The van der Waals surface area contributed by atoms with Crippen LogP contribution in [0.3, 0.4) is 0 Å². The quantitative estimate of drug-likeness (QED) is 0.778. The van der Waals surface area contributed by atoms with Crippen molar-refractivity contribution in [1.29, 1.82) is 0 Å². The van der Waals surface area contributed by atoms with E-state index in [9.17, 15) is 13.2 Å². The number of hydrogen-bond donors (Lipinski definition) is 1. The first-order chi connectivity index (χ1) is 13.3. The Morgan fingerprint density at radius 2 is 2.00 bits per heavy atom. The van der Waals surface area contributed by atoms with E-state index in [1.165, 1.54) is 52.9 Å². The number of fused-ring (bicyclic) bond motifs is 1. The van der Waals surface area contributed by atoms with Crippen molar-refractivity contribution in [3.8, 4) is 5.75 Å². The predicted octanol–water partition coefficient (Wildman–Crippen LogP) is 2.09. The lowest BCUT2D eigenvalue weighted by Crippen LogP contribution is -2.51. The third-order valence-corrected chi connectivity index (χ3v) is 7.25. The van der Waals surface area contributed by atoms with Crippen LogP contribution in [0.5, 0.6) is 5.75 Å². The normalized spacial score (nSPS) is 23.0. The van der Waals surface area contributed by atoms with E-state index in [4.69, 9.17) is 4.74 Å². The molecule has 2 aliphatic heterocycles. The second kappa shape index (κ2) is 8.69. The number of carbonyl (C=O) groups is 1. The highest BCUT2D eigenvalue weighted by molar-refractivity contribution is 7.92. The van der Waals surface area contributed by atoms with Gasteiger partial charge in [-0.2, -0.15) is 0 Å². The lowest BCUT2D eigenvalue weighted by molar-refractivity contribution is 0.0575. The van der Waals surface area contributed by atoms with E-state index in [1.54, 1.807) is 18.2 Å². The topological polar surface area (TPSA) is 78.9 Å². The molecule has 3 rings (SSSR count). The van der Waals surface area contributed by atoms with E-state index in [0.717, 1.165) is 17.0 Å². The van der Waals surface area contributed by atoms with Crippen LogP contribution in [0.2, 0.25) is 0 Å². The van der Waals surface area contributed by atoms with Gasteiger partial charge in [0, 0.05) is 19.6 Å². The molecule has 0 unspecified atom stereocenters. The molecule has 2 saturated heterocycles. The van der Waals surface area contributed by atoms with Crippen LogP contribution in [-0.4, -0.2) is 65.3 Å². The van der Waals surface area contributed by atoms with Crippen molar-refractivity contribution in [1.82, 2.24) is 10.2 Å². The molecule has 0 aromatic heterocycles. The third-order valence-electron chi connectivity index (χ3n) is 6.04. The number of piperidine rings is 2. The molecule has 2 atom stereocenters. The summed E-state index contributed by atoms with van der Waals surface area (Å²) in [5, 5.41) is 3.07. The van der Waals surface area contributed by atoms with Crippen molar-refractivity contribution >= 4 is 21.6 Å². The highest BCUT2D eigenvalue weighted by Crippen LogP contribution is 2.31. The van der Waals surface area contributed by atoms with Gasteiger partial charge in [-0.1, -0.05) is 6.42 Å². The van der Waals surface area contributed by atoms with E-state index in [2.05, 4.69) is 10.2 Å². The number of anilines is 1. The minimum absolute atomic E-state index is 0.228. The number of amides is 1. The minimum atomic E-state index is -3.41. The summed E-state index contributed by atoms with van der Waals surface area (Å²) in [5.74, 6) is 0.672. The summed E-state index contributed by atoms with van der Waals surface area (Å²) in [7, 11) is -0.428. The molecule has 2 heterocycles. The number of rotatable bonds is 6. The largest absolute Gasteiger partial charge is 0.496 e. The number of nitrogens with zero attached hydrogens (tertiary/aromatic N) is 2. The van der Waals surface area contributed by atoms with Crippen LogP contribution in [0.25, 0.3) is 0 Å². The highest BCUT2D eigenvalue weighted by atomic mass is 32.2. The number of nitrogens with one attached hydrogen (secondary N) is 1. The number of hydrogen-bond acceptors (Lipinski definition) is 5. The second-order valence-corrected chi connectivity index (χ2v) is 9.84. The zero-order valence-electron chi connectivity index (χ0n) is 17.0. The average Bonchev–Trinajstić information content (AvgIpc) is 2.70. The minimum Gasteiger partial charge on any atom is -0.496 e. The van der Waals surface area contributed by atoms with Crippen LogP contribution in [-0.2, 0) is 10.0 Å². The Bertz CT molecular complexity index is 810.